The average molecular weight is 370 g/mol. The van der Waals surface area contributed by atoms with E-state index in [2.05, 4.69) is 20.5 Å². The minimum Gasteiger partial charge on any atom is -0.497 e. The zero-order chi connectivity index (χ0) is 19.1. The van der Waals surface area contributed by atoms with Gasteiger partial charge >= 0.3 is 0 Å². The molecule has 1 amide bonds. The van der Waals surface area contributed by atoms with Crippen molar-refractivity contribution in [3.8, 4) is 5.75 Å². The van der Waals surface area contributed by atoms with E-state index in [1.54, 1.807) is 13.3 Å². The first-order valence-electron chi connectivity index (χ1n) is 9.83. The molecule has 0 atom stereocenters. The summed E-state index contributed by atoms with van der Waals surface area (Å²) < 4.78 is 5.38. The fourth-order valence-corrected chi connectivity index (χ4v) is 3.52. The predicted molar refractivity (Wildman–Crippen MR) is 109 cm³/mol. The van der Waals surface area contributed by atoms with Gasteiger partial charge in [0.1, 0.15) is 5.75 Å². The molecule has 0 unspecified atom stereocenters. The van der Waals surface area contributed by atoms with Crippen molar-refractivity contribution in [3.05, 3.63) is 30.0 Å². The van der Waals surface area contributed by atoms with E-state index in [1.807, 2.05) is 25.1 Å². The molecule has 6 heteroatoms. The van der Waals surface area contributed by atoms with Crippen molar-refractivity contribution in [2.75, 3.05) is 45.2 Å². The molecule has 6 nitrogen and oxygen atoms in total. The molecular formula is C21H30N4O2. The first-order valence-corrected chi connectivity index (χ1v) is 9.83. The van der Waals surface area contributed by atoms with E-state index in [-0.39, 0.29) is 5.91 Å². The second kappa shape index (κ2) is 9.67. The number of amides is 1. The van der Waals surface area contributed by atoms with Crippen LogP contribution in [0.15, 0.2) is 24.4 Å². The van der Waals surface area contributed by atoms with Crippen LogP contribution in [0.4, 0.5) is 5.69 Å². The SMILES string of the molecule is COc1cc(NC(=O)CCCCCN2CCNCC2)c2nccc(C)c2c1. The van der Waals surface area contributed by atoms with E-state index < -0.39 is 0 Å². The van der Waals surface area contributed by atoms with E-state index >= 15 is 0 Å². The van der Waals surface area contributed by atoms with Gasteiger partial charge in [-0.15, -0.1) is 0 Å². The number of unbranched alkanes of at least 4 members (excludes halogenated alkanes) is 2. The molecular weight excluding hydrogens is 340 g/mol. The van der Waals surface area contributed by atoms with Crippen molar-refractivity contribution in [1.29, 1.82) is 0 Å². The van der Waals surface area contributed by atoms with Gasteiger partial charge in [0.2, 0.25) is 5.91 Å². The third-order valence-electron chi connectivity index (χ3n) is 5.13. The number of methoxy groups -OCH3 is 1. The Hall–Kier alpha value is -2.18. The van der Waals surface area contributed by atoms with Gasteiger partial charge in [-0.05, 0) is 44.0 Å². The van der Waals surface area contributed by atoms with Crippen molar-refractivity contribution >= 4 is 22.5 Å². The molecule has 1 fully saturated rings. The Morgan fingerprint density at radius 2 is 2.07 bits per heavy atom. The number of pyridine rings is 1. The number of ether oxygens (including phenoxy) is 1. The van der Waals surface area contributed by atoms with Gasteiger partial charge in [0.15, 0.2) is 0 Å². The monoisotopic (exact) mass is 370 g/mol. The molecule has 1 saturated heterocycles. The number of piperazine rings is 1. The van der Waals surface area contributed by atoms with Crippen LogP contribution in [0.1, 0.15) is 31.2 Å². The number of rotatable bonds is 8. The lowest BCUT2D eigenvalue weighted by Crippen LogP contribution is -2.43. The van der Waals surface area contributed by atoms with Gasteiger partial charge in [0.25, 0.3) is 0 Å². The highest BCUT2D eigenvalue weighted by Gasteiger charge is 2.12. The van der Waals surface area contributed by atoms with Crippen molar-refractivity contribution in [3.63, 3.8) is 0 Å². The molecule has 0 radical (unpaired) electrons. The summed E-state index contributed by atoms with van der Waals surface area (Å²) in [7, 11) is 1.64. The second-order valence-electron chi connectivity index (χ2n) is 7.15. The zero-order valence-electron chi connectivity index (χ0n) is 16.4. The number of hydrogen-bond acceptors (Lipinski definition) is 5. The number of nitrogens with one attached hydrogen (secondary N) is 2. The lowest BCUT2D eigenvalue weighted by atomic mass is 10.1. The molecule has 1 aromatic heterocycles. The third kappa shape index (κ3) is 5.40. The smallest absolute Gasteiger partial charge is 0.224 e. The first-order chi connectivity index (χ1) is 13.2. The molecule has 0 spiro atoms. The Morgan fingerprint density at radius 3 is 2.85 bits per heavy atom. The van der Waals surface area contributed by atoms with Gasteiger partial charge in [-0.3, -0.25) is 9.78 Å². The molecule has 0 aliphatic carbocycles. The number of hydrogen-bond donors (Lipinski definition) is 2. The standard InChI is InChI=1S/C21H30N4O2/c1-16-7-8-23-21-18(16)14-17(27-2)15-19(21)24-20(26)6-4-3-5-11-25-12-9-22-10-13-25/h7-8,14-15,22H,3-6,9-13H2,1-2H3,(H,24,26). The number of fused-ring (bicyclic) bond motifs is 1. The van der Waals surface area contributed by atoms with Gasteiger partial charge in [-0.25, -0.2) is 0 Å². The Morgan fingerprint density at radius 1 is 1.26 bits per heavy atom. The second-order valence-corrected chi connectivity index (χ2v) is 7.15. The van der Waals surface area contributed by atoms with Crippen molar-refractivity contribution in [1.82, 2.24) is 15.2 Å². The van der Waals surface area contributed by atoms with Crippen LogP contribution in [0.25, 0.3) is 10.9 Å². The number of nitrogens with zero attached hydrogens (tertiary/aromatic N) is 2. The summed E-state index contributed by atoms with van der Waals surface area (Å²) in [5.41, 5.74) is 2.64. The van der Waals surface area contributed by atoms with E-state index in [1.165, 1.54) is 0 Å². The molecule has 146 valence electrons. The number of aromatic nitrogens is 1. The molecule has 0 saturated carbocycles. The van der Waals surface area contributed by atoms with Crippen LogP contribution >= 0.6 is 0 Å². The van der Waals surface area contributed by atoms with E-state index in [0.717, 1.165) is 79.9 Å². The van der Waals surface area contributed by atoms with Gasteiger partial charge in [-0.1, -0.05) is 6.42 Å². The number of benzene rings is 1. The van der Waals surface area contributed by atoms with Gasteiger partial charge in [-0.2, -0.15) is 0 Å². The molecule has 0 bridgehead atoms. The van der Waals surface area contributed by atoms with E-state index in [9.17, 15) is 4.79 Å². The molecule has 27 heavy (non-hydrogen) atoms. The molecule has 1 aliphatic heterocycles. The van der Waals surface area contributed by atoms with Crippen LogP contribution < -0.4 is 15.4 Å². The van der Waals surface area contributed by atoms with Crippen LogP contribution in [-0.2, 0) is 4.79 Å². The fourth-order valence-electron chi connectivity index (χ4n) is 3.52. The summed E-state index contributed by atoms with van der Waals surface area (Å²) >= 11 is 0. The molecule has 1 aromatic carbocycles. The molecule has 3 rings (SSSR count). The van der Waals surface area contributed by atoms with E-state index in [4.69, 9.17) is 4.74 Å². The first kappa shape index (κ1) is 19.6. The topological polar surface area (TPSA) is 66.5 Å². The molecule has 2 aromatic rings. The number of anilines is 1. The molecule has 2 N–H and O–H groups in total. The largest absolute Gasteiger partial charge is 0.497 e. The Balaban J connectivity index is 1.51. The van der Waals surface area contributed by atoms with Crippen LogP contribution in [0.2, 0.25) is 0 Å². The lowest BCUT2D eigenvalue weighted by molar-refractivity contribution is -0.116. The Labute approximate surface area is 161 Å². The minimum atomic E-state index is 0.0371. The zero-order valence-corrected chi connectivity index (χ0v) is 16.4. The summed E-state index contributed by atoms with van der Waals surface area (Å²) in [5, 5.41) is 7.40. The summed E-state index contributed by atoms with van der Waals surface area (Å²) in [4.78, 5) is 19.4. The van der Waals surface area contributed by atoms with Gasteiger partial charge < -0.3 is 20.3 Å². The normalized spacial score (nSPS) is 15.0. The minimum absolute atomic E-state index is 0.0371. The highest BCUT2D eigenvalue weighted by Crippen LogP contribution is 2.29. The predicted octanol–water partition coefficient (Wildman–Crippen LogP) is 2.96. The van der Waals surface area contributed by atoms with Gasteiger partial charge in [0, 0.05) is 50.2 Å². The Bertz CT molecular complexity index is 772. The average Bonchev–Trinajstić information content (AvgIpc) is 2.69. The van der Waals surface area contributed by atoms with Crippen LogP contribution in [0.5, 0.6) is 5.75 Å². The highest BCUT2D eigenvalue weighted by molar-refractivity contribution is 6.01. The Kier molecular flexibility index (Phi) is 7.01. The van der Waals surface area contributed by atoms with Gasteiger partial charge in [0.05, 0.1) is 18.3 Å². The molecule has 1 aliphatic rings. The fraction of sp³-hybridized carbons (Fsp3) is 0.524. The quantitative estimate of drug-likeness (QED) is 0.700. The van der Waals surface area contributed by atoms with Crippen LogP contribution in [0.3, 0.4) is 0 Å². The van der Waals surface area contributed by atoms with Crippen molar-refractivity contribution in [2.45, 2.75) is 32.6 Å². The maximum absolute atomic E-state index is 12.4. The number of carbonyl (C=O) groups is 1. The summed E-state index contributed by atoms with van der Waals surface area (Å²) in [5.74, 6) is 0.764. The third-order valence-corrected chi connectivity index (χ3v) is 5.13. The highest BCUT2D eigenvalue weighted by atomic mass is 16.5. The molecule has 2 heterocycles. The lowest BCUT2D eigenvalue weighted by Gasteiger charge is -2.26. The summed E-state index contributed by atoms with van der Waals surface area (Å²) in [6.45, 7) is 7.61. The maximum Gasteiger partial charge on any atom is 0.224 e. The van der Waals surface area contributed by atoms with Crippen LogP contribution in [0, 0.1) is 6.92 Å². The van der Waals surface area contributed by atoms with Crippen LogP contribution in [-0.4, -0.2) is 55.6 Å². The maximum atomic E-state index is 12.4. The van der Waals surface area contributed by atoms with Crippen molar-refractivity contribution < 1.29 is 9.53 Å². The number of carbonyl (C=O) groups excluding carboxylic acids is 1. The number of aryl methyl sites for hydroxylation is 1. The van der Waals surface area contributed by atoms with Crippen molar-refractivity contribution in [2.24, 2.45) is 0 Å². The summed E-state index contributed by atoms with van der Waals surface area (Å²) in [6, 6.07) is 5.77. The van der Waals surface area contributed by atoms with E-state index in [0.29, 0.717) is 6.42 Å². The summed E-state index contributed by atoms with van der Waals surface area (Å²) in [6.07, 6.45) is 5.44.